The highest BCUT2D eigenvalue weighted by Crippen LogP contribution is 2.22. The molecule has 0 aliphatic carbocycles. The summed E-state index contributed by atoms with van der Waals surface area (Å²) in [6, 6.07) is 3.06. The minimum absolute atomic E-state index is 0.273. The van der Waals surface area contributed by atoms with Crippen LogP contribution in [-0.4, -0.2) is 26.8 Å². The SMILES string of the molecule is O=C(O)C=CC(=O)c1cc2[nH]c(=O)[nH]c2cc1Br. The largest absolute Gasteiger partial charge is 0.478 e. The van der Waals surface area contributed by atoms with Crippen molar-refractivity contribution in [1.82, 2.24) is 9.97 Å². The van der Waals surface area contributed by atoms with Crippen LogP contribution in [0, 0.1) is 0 Å². The van der Waals surface area contributed by atoms with Crippen molar-refractivity contribution in [3.63, 3.8) is 0 Å². The lowest BCUT2D eigenvalue weighted by molar-refractivity contribution is -0.131. The summed E-state index contributed by atoms with van der Waals surface area (Å²) >= 11 is 3.20. The molecule has 2 rings (SSSR count). The average molecular weight is 311 g/mol. The zero-order chi connectivity index (χ0) is 13.3. The van der Waals surface area contributed by atoms with Crippen LogP contribution in [0.4, 0.5) is 0 Å². The first-order chi connectivity index (χ1) is 8.47. The van der Waals surface area contributed by atoms with Crippen LogP contribution in [0.2, 0.25) is 0 Å². The fraction of sp³-hybridized carbons (Fsp3) is 0. The maximum Gasteiger partial charge on any atom is 0.328 e. The second-order valence-electron chi connectivity index (χ2n) is 3.49. The number of carboxylic acids is 1. The second-order valence-corrected chi connectivity index (χ2v) is 4.35. The number of benzene rings is 1. The summed E-state index contributed by atoms with van der Waals surface area (Å²) in [4.78, 5) is 38.2. The molecule has 1 aromatic heterocycles. The van der Waals surface area contributed by atoms with Gasteiger partial charge in [-0.05, 0) is 34.1 Å². The highest BCUT2D eigenvalue weighted by molar-refractivity contribution is 9.10. The zero-order valence-electron chi connectivity index (χ0n) is 8.86. The quantitative estimate of drug-likeness (QED) is 0.589. The van der Waals surface area contributed by atoms with Crippen LogP contribution < -0.4 is 5.69 Å². The van der Waals surface area contributed by atoms with Crippen LogP contribution in [0.25, 0.3) is 11.0 Å². The summed E-state index contributed by atoms with van der Waals surface area (Å²) in [5.74, 6) is -1.66. The summed E-state index contributed by atoms with van der Waals surface area (Å²) in [5, 5.41) is 8.45. The maximum atomic E-state index is 11.7. The molecule has 0 spiro atoms. The van der Waals surface area contributed by atoms with Gasteiger partial charge in [-0.15, -0.1) is 0 Å². The molecule has 0 unspecified atom stereocenters. The Hall–Kier alpha value is -2.15. The smallest absolute Gasteiger partial charge is 0.328 e. The summed E-state index contributed by atoms with van der Waals surface area (Å²) < 4.78 is 0.477. The van der Waals surface area contributed by atoms with Gasteiger partial charge in [-0.1, -0.05) is 0 Å². The van der Waals surface area contributed by atoms with E-state index in [1.54, 1.807) is 6.07 Å². The molecule has 1 heterocycles. The number of hydrogen-bond acceptors (Lipinski definition) is 3. The van der Waals surface area contributed by atoms with E-state index < -0.39 is 11.8 Å². The van der Waals surface area contributed by atoms with Crippen molar-refractivity contribution >= 4 is 38.7 Å². The van der Waals surface area contributed by atoms with Crippen LogP contribution in [0.5, 0.6) is 0 Å². The Morgan fingerprint density at radius 1 is 1.17 bits per heavy atom. The lowest BCUT2D eigenvalue weighted by Gasteiger charge is -2.00. The van der Waals surface area contributed by atoms with Crippen LogP contribution in [0.15, 0.2) is 33.6 Å². The van der Waals surface area contributed by atoms with Gasteiger partial charge in [0.05, 0.1) is 11.0 Å². The van der Waals surface area contributed by atoms with Crippen LogP contribution >= 0.6 is 15.9 Å². The number of allylic oxidation sites excluding steroid dienone is 1. The minimum Gasteiger partial charge on any atom is -0.478 e. The molecule has 1 aromatic carbocycles. The molecule has 18 heavy (non-hydrogen) atoms. The maximum absolute atomic E-state index is 11.7. The molecule has 0 fully saturated rings. The Kier molecular flexibility index (Phi) is 3.15. The molecule has 0 bridgehead atoms. The van der Waals surface area contributed by atoms with E-state index >= 15 is 0 Å². The van der Waals surface area contributed by atoms with Crippen molar-refractivity contribution in [2.75, 3.05) is 0 Å². The molecule has 0 amide bonds. The molecule has 6 nitrogen and oxygen atoms in total. The van der Waals surface area contributed by atoms with Gasteiger partial charge in [-0.2, -0.15) is 0 Å². The summed E-state index contributed by atoms with van der Waals surface area (Å²) in [6.45, 7) is 0. The fourth-order valence-electron chi connectivity index (χ4n) is 1.48. The van der Waals surface area contributed by atoms with Crippen molar-refractivity contribution in [3.8, 4) is 0 Å². The first-order valence-electron chi connectivity index (χ1n) is 4.84. The number of carbonyl (C=O) groups is 2. The Bertz CT molecular complexity index is 726. The number of carboxylic acid groups (broad SMARTS) is 1. The van der Waals surface area contributed by atoms with Crippen molar-refractivity contribution in [2.45, 2.75) is 0 Å². The van der Waals surface area contributed by atoms with Crippen LogP contribution in [0.3, 0.4) is 0 Å². The van der Waals surface area contributed by atoms with Gasteiger partial charge in [0.1, 0.15) is 0 Å². The second kappa shape index (κ2) is 4.61. The van der Waals surface area contributed by atoms with E-state index in [-0.39, 0.29) is 11.3 Å². The van der Waals surface area contributed by atoms with Crippen LogP contribution in [-0.2, 0) is 4.79 Å². The van der Waals surface area contributed by atoms with Crippen molar-refractivity contribution in [1.29, 1.82) is 0 Å². The highest BCUT2D eigenvalue weighted by atomic mass is 79.9. The molecule has 92 valence electrons. The van der Waals surface area contributed by atoms with Gasteiger partial charge in [0, 0.05) is 16.1 Å². The number of H-pyrrole nitrogens is 2. The molecule has 3 N–H and O–H groups in total. The normalized spacial score (nSPS) is 11.2. The fourth-order valence-corrected chi connectivity index (χ4v) is 2.02. The van der Waals surface area contributed by atoms with Crippen molar-refractivity contribution in [2.24, 2.45) is 0 Å². The summed E-state index contributed by atoms with van der Waals surface area (Å²) in [5.41, 5.74) is 0.943. The average Bonchev–Trinajstić information content (AvgIpc) is 2.64. The molecule has 0 aliphatic rings. The van der Waals surface area contributed by atoms with Crippen LogP contribution in [0.1, 0.15) is 10.4 Å². The number of hydrogen-bond donors (Lipinski definition) is 3. The van der Waals surface area contributed by atoms with E-state index in [0.717, 1.165) is 12.2 Å². The predicted molar refractivity (Wildman–Crippen MR) is 67.7 cm³/mol. The number of nitrogens with one attached hydrogen (secondary N) is 2. The number of halogens is 1. The van der Waals surface area contributed by atoms with Crippen molar-refractivity contribution < 1.29 is 14.7 Å². The monoisotopic (exact) mass is 310 g/mol. The van der Waals surface area contributed by atoms with E-state index in [1.165, 1.54) is 6.07 Å². The van der Waals surface area contributed by atoms with E-state index in [2.05, 4.69) is 25.9 Å². The highest BCUT2D eigenvalue weighted by Gasteiger charge is 2.10. The topological polar surface area (TPSA) is 103 Å². The molecular weight excluding hydrogens is 304 g/mol. The predicted octanol–water partition coefficient (Wildman–Crippen LogP) is 1.44. The lowest BCUT2D eigenvalue weighted by Crippen LogP contribution is -1.99. The number of ketones is 1. The summed E-state index contributed by atoms with van der Waals surface area (Å²) in [6.07, 6.45) is 1.72. The van der Waals surface area contributed by atoms with E-state index in [0.29, 0.717) is 15.5 Å². The molecule has 0 radical (unpaired) electrons. The first-order valence-corrected chi connectivity index (χ1v) is 5.63. The number of rotatable bonds is 3. The third-order valence-electron chi connectivity index (χ3n) is 2.25. The van der Waals surface area contributed by atoms with Gasteiger partial charge in [-0.25, -0.2) is 9.59 Å². The minimum atomic E-state index is -1.20. The molecule has 0 saturated carbocycles. The summed E-state index contributed by atoms with van der Waals surface area (Å²) in [7, 11) is 0. The molecule has 0 aliphatic heterocycles. The van der Waals surface area contributed by atoms with Gasteiger partial charge >= 0.3 is 11.7 Å². The van der Waals surface area contributed by atoms with E-state index in [9.17, 15) is 14.4 Å². The first kappa shape index (κ1) is 12.3. The number of fused-ring (bicyclic) bond motifs is 1. The molecule has 7 heteroatoms. The Labute approximate surface area is 108 Å². The molecule has 2 aromatic rings. The van der Waals surface area contributed by atoms with E-state index in [4.69, 9.17) is 5.11 Å². The Morgan fingerprint density at radius 2 is 1.78 bits per heavy atom. The Balaban J connectivity index is 2.50. The number of carbonyl (C=O) groups excluding carboxylic acids is 1. The number of imidazole rings is 1. The van der Waals surface area contributed by atoms with Gasteiger partial charge < -0.3 is 15.1 Å². The lowest BCUT2D eigenvalue weighted by atomic mass is 10.1. The third-order valence-corrected chi connectivity index (χ3v) is 2.90. The van der Waals surface area contributed by atoms with Gasteiger partial charge in [-0.3, -0.25) is 4.79 Å². The molecule has 0 atom stereocenters. The van der Waals surface area contributed by atoms with Crippen molar-refractivity contribution in [3.05, 3.63) is 44.8 Å². The Morgan fingerprint density at radius 3 is 2.39 bits per heavy atom. The molecule has 0 saturated heterocycles. The number of aromatic amines is 2. The zero-order valence-corrected chi connectivity index (χ0v) is 10.4. The molecular formula is C11H7BrN2O4. The van der Waals surface area contributed by atoms with E-state index in [1.807, 2.05) is 0 Å². The standard InChI is InChI=1S/C11H7BrN2O4/c12-6-4-8-7(13-11(18)14-8)3-5(6)9(15)1-2-10(16)17/h1-4H,(H,16,17)(H2,13,14,18). The number of aromatic nitrogens is 2. The van der Waals surface area contributed by atoms with Gasteiger partial charge in [0.25, 0.3) is 0 Å². The van der Waals surface area contributed by atoms with Gasteiger partial charge in [0.2, 0.25) is 0 Å². The number of aliphatic carboxylic acids is 1. The van der Waals surface area contributed by atoms with Gasteiger partial charge in [0.15, 0.2) is 5.78 Å². The third kappa shape index (κ3) is 2.40.